The Morgan fingerprint density at radius 2 is 1.78 bits per heavy atom. The van der Waals surface area contributed by atoms with E-state index in [0.29, 0.717) is 37.2 Å². The zero-order valence-corrected chi connectivity index (χ0v) is 20.7. The molecule has 0 fully saturated rings. The molecule has 0 saturated carbocycles. The smallest absolute Gasteiger partial charge is 0.237 e. The van der Waals surface area contributed by atoms with Crippen molar-refractivity contribution in [2.45, 2.75) is 71.4 Å². The average molecular weight is 453 g/mol. The van der Waals surface area contributed by atoms with Gasteiger partial charge in [-0.05, 0) is 54.7 Å². The second kappa shape index (κ2) is 13.7. The highest BCUT2D eigenvalue weighted by molar-refractivity contribution is 5.84. The molecular weight excluding hydrogens is 408 g/mol. The molecule has 1 amide bonds. The molecule has 184 valence electrons. The fourth-order valence-electron chi connectivity index (χ4n) is 3.84. The molecule has 3 atom stereocenters. The standard InChI is InChI=1S/C25H44N2O5/c1-17(2)20(9-10-21(28)16-25(27,18(3)4)24(26)29)14-19-8-11-22(31-6)23(15-19)32-13-7-12-30-5/h8,11,15,17-18,20-21,28H,7,9-10,12-14,16,27H2,1-6H3,(H2,26,29). The summed E-state index contributed by atoms with van der Waals surface area (Å²) >= 11 is 0. The lowest BCUT2D eigenvalue weighted by Crippen LogP contribution is -2.57. The third kappa shape index (κ3) is 8.60. The van der Waals surface area contributed by atoms with Gasteiger partial charge in [-0.2, -0.15) is 0 Å². The van der Waals surface area contributed by atoms with E-state index in [-0.39, 0.29) is 12.3 Å². The average Bonchev–Trinajstić information content (AvgIpc) is 2.73. The van der Waals surface area contributed by atoms with Crippen LogP contribution in [-0.2, 0) is 16.0 Å². The van der Waals surface area contributed by atoms with Crippen LogP contribution in [0.15, 0.2) is 18.2 Å². The number of aliphatic hydroxyl groups excluding tert-OH is 1. The largest absolute Gasteiger partial charge is 0.493 e. The van der Waals surface area contributed by atoms with Gasteiger partial charge in [-0.15, -0.1) is 0 Å². The van der Waals surface area contributed by atoms with Crippen molar-refractivity contribution < 1.29 is 24.1 Å². The molecule has 7 nitrogen and oxygen atoms in total. The predicted octanol–water partition coefficient (Wildman–Crippen LogP) is 3.30. The minimum atomic E-state index is -1.20. The summed E-state index contributed by atoms with van der Waals surface area (Å²) in [5.74, 6) is 1.52. The molecule has 1 aromatic carbocycles. The number of amides is 1. The summed E-state index contributed by atoms with van der Waals surface area (Å²) in [6, 6.07) is 6.03. The SMILES string of the molecule is COCCCOc1cc(CC(CCC(O)CC(N)(C(N)=O)C(C)C)C(C)C)ccc1OC. The first-order valence-corrected chi connectivity index (χ1v) is 11.6. The van der Waals surface area contributed by atoms with Crippen LogP contribution in [0.2, 0.25) is 0 Å². The summed E-state index contributed by atoms with van der Waals surface area (Å²) in [6.45, 7) is 9.29. The van der Waals surface area contributed by atoms with Gasteiger partial charge in [-0.25, -0.2) is 0 Å². The number of primary amides is 1. The van der Waals surface area contributed by atoms with Crippen LogP contribution in [0.1, 0.15) is 58.9 Å². The molecule has 3 unspecified atom stereocenters. The Balaban J connectivity index is 2.79. The van der Waals surface area contributed by atoms with Gasteiger partial charge in [0.15, 0.2) is 11.5 Å². The maximum Gasteiger partial charge on any atom is 0.237 e. The quantitative estimate of drug-likeness (QED) is 0.331. The molecular formula is C25H44N2O5. The summed E-state index contributed by atoms with van der Waals surface area (Å²) in [6.07, 6.45) is 2.55. The van der Waals surface area contributed by atoms with Crippen molar-refractivity contribution in [1.29, 1.82) is 0 Å². The molecule has 1 aromatic rings. The number of ether oxygens (including phenoxy) is 3. The number of methoxy groups -OCH3 is 2. The van der Waals surface area contributed by atoms with Crippen LogP contribution in [0.3, 0.4) is 0 Å². The zero-order valence-electron chi connectivity index (χ0n) is 20.7. The van der Waals surface area contributed by atoms with Crippen molar-refractivity contribution in [3.8, 4) is 11.5 Å². The lowest BCUT2D eigenvalue weighted by Gasteiger charge is -2.32. The van der Waals surface area contributed by atoms with E-state index in [0.717, 1.165) is 30.6 Å². The van der Waals surface area contributed by atoms with Crippen LogP contribution in [0.5, 0.6) is 11.5 Å². The van der Waals surface area contributed by atoms with Gasteiger partial charge in [0.05, 0.1) is 25.4 Å². The summed E-state index contributed by atoms with van der Waals surface area (Å²) < 4.78 is 16.4. The van der Waals surface area contributed by atoms with E-state index in [1.165, 1.54) is 0 Å². The molecule has 0 aliphatic heterocycles. The molecule has 0 bridgehead atoms. The number of aliphatic hydroxyl groups is 1. The third-order valence-corrected chi connectivity index (χ3v) is 6.35. The summed E-state index contributed by atoms with van der Waals surface area (Å²) in [4.78, 5) is 11.8. The normalized spacial score (nSPS) is 15.4. The van der Waals surface area contributed by atoms with Gasteiger partial charge >= 0.3 is 0 Å². The van der Waals surface area contributed by atoms with E-state index < -0.39 is 17.6 Å². The Morgan fingerprint density at radius 1 is 1.09 bits per heavy atom. The van der Waals surface area contributed by atoms with E-state index in [2.05, 4.69) is 19.9 Å². The highest BCUT2D eigenvalue weighted by Crippen LogP contribution is 2.32. The number of benzene rings is 1. The first-order chi connectivity index (χ1) is 15.0. The molecule has 0 spiro atoms. The monoisotopic (exact) mass is 452 g/mol. The minimum absolute atomic E-state index is 0.142. The van der Waals surface area contributed by atoms with E-state index in [9.17, 15) is 9.90 Å². The topological polar surface area (TPSA) is 117 Å². The number of carbonyl (C=O) groups is 1. The third-order valence-electron chi connectivity index (χ3n) is 6.35. The number of hydrogen-bond acceptors (Lipinski definition) is 6. The van der Waals surface area contributed by atoms with Crippen LogP contribution in [0, 0.1) is 17.8 Å². The fourth-order valence-corrected chi connectivity index (χ4v) is 3.84. The number of rotatable bonds is 16. The van der Waals surface area contributed by atoms with Gasteiger partial charge in [0.1, 0.15) is 0 Å². The second-order valence-electron chi connectivity index (χ2n) is 9.38. The van der Waals surface area contributed by atoms with Crippen molar-refractivity contribution in [1.82, 2.24) is 0 Å². The molecule has 0 aromatic heterocycles. The van der Waals surface area contributed by atoms with Crippen LogP contribution in [0.4, 0.5) is 0 Å². The molecule has 5 N–H and O–H groups in total. The molecule has 0 aliphatic carbocycles. The second-order valence-corrected chi connectivity index (χ2v) is 9.38. The molecule has 32 heavy (non-hydrogen) atoms. The van der Waals surface area contributed by atoms with Crippen molar-refractivity contribution in [3.63, 3.8) is 0 Å². The van der Waals surface area contributed by atoms with Gasteiger partial charge in [0.2, 0.25) is 5.91 Å². The van der Waals surface area contributed by atoms with E-state index >= 15 is 0 Å². The Labute approximate surface area is 193 Å². The van der Waals surface area contributed by atoms with Crippen molar-refractivity contribution in [2.75, 3.05) is 27.4 Å². The van der Waals surface area contributed by atoms with Crippen LogP contribution >= 0.6 is 0 Å². The number of carbonyl (C=O) groups excluding carboxylic acids is 1. The lowest BCUT2D eigenvalue weighted by atomic mass is 9.79. The first kappa shape index (κ1) is 28.2. The molecule has 1 rings (SSSR count). The van der Waals surface area contributed by atoms with Gasteiger partial charge in [0, 0.05) is 26.6 Å². The van der Waals surface area contributed by atoms with E-state index in [1.54, 1.807) is 14.2 Å². The molecule has 0 aliphatic rings. The van der Waals surface area contributed by atoms with E-state index in [4.69, 9.17) is 25.7 Å². The highest BCUT2D eigenvalue weighted by atomic mass is 16.5. The van der Waals surface area contributed by atoms with Crippen LogP contribution in [-0.4, -0.2) is 50.1 Å². The van der Waals surface area contributed by atoms with Gasteiger partial charge in [0.25, 0.3) is 0 Å². The summed E-state index contributed by atoms with van der Waals surface area (Å²) in [5.41, 5.74) is 11.7. The predicted molar refractivity (Wildman–Crippen MR) is 128 cm³/mol. The van der Waals surface area contributed by atoms with Crippen LogP contribution in [0.25, 0.3) is 0 Å². The molecule has 7 heteroatoms. The number of nitrogens with two attached hydrogens (primary N) is 2. The van der Waals surface area contributed by atoms with Gasteiger partial charge < -0.3 is 30.8 Å². The van der Waals surface area contributed by atoms with Crippen LogP contribution < -0.4 is 20.9 Å². The van der Waals surface area contributed by atoms with Crippen molar-refractivity contribution >= 4 is 5.91 Å². The Hall–Kier alpha value is -1.83. The lowest BCUT2D eigenvalue weighted by molar-refractivity contribution is -0.126. The van der Waals surface area contributed by atoms with E-state index in [1.807, 2.05) is 26.0 Å². The Bertz CT molecular complexity index is 695. The first-order valence-electron chi connectivity index (χ1n) is 11.6. The van der Waals surface area contributed by atoms with Crippen molar-refractivity contribution in [2.24, 2.45) is 29.2 Å². The summed E-state index contributed by atoms with van der Waals surface area (Å²) in [5, 5.41) is 10.6. The molecule has 0 heterocycles. The minimum Gasteiger partial charge on any atom is -0.493 e. The number of hydrogen-bond donors (Lipinski definition) is 3. The molecule has 0 radical (unpaired) electrons. The van der Waals surface area contributed by atoms with Gasteiger partial charge in [-0.3, -0.25) is 4.79 Å². The van der Waals surface area contributed by atoms with Gasteiger partial charge in [-0.1, -0.05) is 33.8 Å². The maximum atomic E-state index is 11.8. The zero-order chi connectivity index (χ0) is 24.3. The molecule has 0 saturated heterocycles. The Kier molecular flexibility index (Phi) is 12.0. The fraction of sp³-hybridized carbons (Fsp3) is 0.720. The van der Waals surface area contributed by atoms with Crippen molar-refractivity contribution in [3.05, 3.63) is 23.8 Å². The Morgan fingerprint density at radius 3 is 2.31 bits per heavy atom. The summed E-state index contributed by atoms with van der Waals surface area (Å²) in [7, 11) is 3.31. The highest BCUT2D eigenvalue weighted by Gasteiger charge is 2.37. The maximum absolute atomic E-state index is 11.8.